The summed E-state index contributed by atoms with van der Waals surface area (Å²) in [4.78, 5) is 10.8. The van der Waals surface area contributed by atoms with Crippen LogP contribution in [0.3, 0.4) is 0 Å². The Bertz CT molecular complexity index is 481. The maximum Gasteiger partial charge on any atom is 0.218 e. The number of piperidine rings is 1. The zero-order chi connectivity index (χ0) is 14.7. The first-order chi connectivity index (χ1) is 10.3. The number of nitrogens with zero attached hydrogens (tertiary/aromatic N) is 3. The van der Waals surface area contributed by atoms with E-state index in [1.54, 1.807) is 20.5 Å². The molecule has 0 radical (unpaired) electrons. The van der Waals surface area contributed by atoms with Crippen LogP contribution in [-0.4, -0.2) is 56.6 Å². The van der Waals surface area contributed by atoms with E-state index in [0.29, 0.717) is 12.0 Å². The summed E-state index contributed by atoms with van der Waals surface area (Å²) in [5.74, 6) is 1.52. The largest absolute Gasteiger partial charge is 0.481 e. The molecule has 21 heavy (non-hydrogen) atoms. The summed E-state index contributed by atoms with van der Waals surface area (Å²) in [5.41, 5.74) is 0.0729. The summed E-state index contributed by atoms with van der Waals surface area (Å²) in [5, 5.41) is 0. The molecule has 0 aliphatic carbocycles. The quantitative estimate of drug-likeness (QED) is 0.838. The van der Waals surface area contributed by atoms with Crippen LogP contribution < -0.4 is 9.64 Å². The van der Waals surface area contributed by atoms with Gasteiger partial charge in [-0.05, 0) is 19.3 Å². The number of hydrogen-bond acceptors (Lipinski definition) is 6. The highest BCUT2D eigenvalue weighted by atomic mass is 16.5. The first-order valence-corrected chi connectivity index (χ1v) is 7.49. The van der Waals surface area contributed by atoms with Crippen LogP contribution >= 0.6 is 0 Å². The minimum atomic E-state index is 0.0729. The van der Waals surface area contributed by atoms with Crippen molar-refractivity contribution in [2.45, 2.75) is 25.4 Å². The molecule has 0 N–H and O–H groups in total. The summed E-state index contributed by atoms with van der Waals surface area (Å²) >= 11 is 0. The third-order valence-corrected chi connectivity index (χ3v) is 4.58. The topological polar surface area (TPSA) is 56.7 Å². The van der Waals surface area contributed by atoms with Crippen LogP contribution in [0.5, 0.6) is 5.88 Å². The molecule has 2 aliphatic heterocycles. The van der Waals surface area contributed by atoms with Crippen LogP contribution in [0.2, 0.25) is 0 Å². The van der Waals surface area contributed by atoms with Gasteiger partial charge in [-0.25, -0.2) is 9.97 Å². The Hall–Kier alpha value is -1.40. The second kappa shape index (κ2) is 6.15. The third-order valence-electron chi connectivity index (χ3n) is 4.58. The van der Waals surface area contributed by atoms with E-state index >= 15 is 0 Å². The Morgan fingerprint density at radius 3 is 3.14 bits per heavy atom. The minimum Gasteiger partial charge on any atom is -0.481 e. The molecule has 2 fully saturated rings. The molecule has 116 valence electrons. The zero-order valence-corrected chi connectivity index (χ0v) is 12.7. The van der Waals surface area contributed by atoms with Gasteiger partial charge in [0.25, 0.3) is 0 Å². The Kier molecular flexibility index (Phi) is 4.26. The van der Waals surface area contributed by atoms with Gasteiger partial charge in [-0.3, -0.25) is 0 Å². The molecule has 3 rings (SSSR count). The van der Waals surface area contributed by atoms with Gasteiger partial charge in [0.1, 0.15) is 12.1 Å². The molecule has 2 aliphatic rings. The molecular weight excluding hydrogens is 270 g/mol. The lowest BCUT2D eigenvalue weighted by Gasteiger charge is -2.50. The fourth-order valence-corrected chi connectivity index (χ4v) is 3.60. The van der Waals surface area contributed by atoms with Gasteiger partial charge in [0.2, 0.25) is 5.88 Å². The van der Waals surface area contributed by atoms with Gasteiger partial charge >= 0.3 is 0 Å². The molecule has 6 heteroatoms. The number of fused-ring (bicyclic) bond motifs is 1. The van der Waals surface area contributed by atoms with Gasteiger partial charge < -0.3 is 19.1 Å². The lowest BCUT2D eigenvalue weighted by atomic mass is 9.73. The van der Waals surface area contributed by atoms with Crippen molar-refractivity contribution in [1.29, 1.82) is 0 Å². The monoisotopic (exact) mass is 293 g/mol. The summed E-state index contributed by atoms with van der Waals surface area (Å²) in [6, 6.07) is 1.89. The highest BCUT2D eigenvalue weighted by Gasteiger charge is 2.46. The van der Waals surface area contributed by atoms with E-state index in [2.05, 4.69) is 14.9 Å². The van der Waals surface area contributed by atoms with E-state index in [1.165, 1.54) is 0 Å². The second-order valence-electron chi connectivity index (χ2n) is 5.89. The van der Waals surface area contributed by atoms with Crippen molar-refractivity contribution in [1.82, 2.24) is 9.97 Å². The molecule has 6 nitrogen and oxygen atoms in total. The van der Waals surface area contributed by atoms with Gasteiger partial charge in [0, 0.05) is 38.3 Å². The van der Waals surface area contributed by atoms with Gasteiger partial charge in [0.15, 0.2) is 0 Å². The fourth-order valence-electron chi connectivity index (χ4n) is 3.60. The lowest BCUT2D eigenvalue weighted by Crippen LogP contribution is -2.57. The van der Waals surface area contributed by atoms with Crippen LogP contribution in [0.1, 0.15) is 19.3 Å². The predicted molar refractivity (Wildman–Crippen MR) is 78.7 cm³/mol. The van der Waals surface area contributed by atoms with Gasteiger partial charge in [0.05, 0.1) is 19.8 Å². The van der Waals surface area contributed by atoms with Crippen molar-refractivity contribution in [3.8, 4) is 5.88 Å². The number of anilines is 1. The molecule has 0 aromatic carbocycles. The lowest BCUT2D eigenvalue weighted by molar-refractivity contribution is -0.119. The van der Waals surface area contributed by atoms with E-state index in [4.69, 9.17) is 14.2 Å². The van der Waals surface area contributed by atoms with E-state index < -0.39 is 0 Å². The van der Waals surface area contributed by atoms with E-state index in [0.717, 1.165) is 51.4 Å². The summed E-state index contributed by atoms with van der Waals surface area (Å²) in [6.45, 7) is 3.45. The molecule has 2 saturated heterocycles. The average molecular weight is 293 g/mol. The smallest absolute Gasteiger partial charge is 0.218 e. The van der Waals surface area contributed by atoms with Crippen LogP contribution in [0.15, 0.2) is 12.4 Å². The molecule has 0 saturated carbocycles. The van der Waals surface area contributed by atoms with E-state index in [9.17, 15) is 0 Å². The Morgan fingerprint density at radius 2 is 2.33 bits per heavy atom. The molecule has 0 bridgehead atoms. The highest BCUT2D eigenvalue weighted by molar-refractivity contribution is 5.42. The number of methoxy groups -OCH3 is 2. The van der Waals surface area contributed by atoms with Crippen molar-refractivity contribution < 1.29 is 14.2 Å². The highest BCUT2D eigenvalue weighted by Crippen LogP contribution is 2.41. The SMILES string of the molecule is COC[C@@]12CCCO[C@H]1CCN(c1cc(OC)ncn1)C2. The number of aromatic nitrogens is 2. The number of ether oxygens (including phenoxy) is 3. The molecule has 3 heterocycles. The maximum absolute atomic E-state index is 6.00. The summed E-state index contributed by atoms with van der Waals surface area (Å²) in [6.07, 6.45) is 5.10. The molecule has 0 spiro atoms. The predicted octanol–water partition coefficient (Wildman–Crippen LogP) is 1.51. The molecule has 2 atom stereocenters. The first kappa shape index (κ1) is 14.5. The van der Waals surface area contributed by atoms with Gasteiger partial charge in [-0.1, -0.05) is 0 Å². The van der Waals surface area contributed by atoms with E-state index in [-0.39, 0.29) is 5.41 Å². The van der Waals surface area contributed by atoms with Crippen LogP contribution in [0.25, 0.3) is 0 Å². The van der Waals surface area contributed by atoms with Gasteiger partial charge in [-0.15, -0.1) is 0 Å². The molecule has 0 unspecified atom stereocenters. The Balaban J connectivity index is 1.81. The van der Waals surface area contributed by atoms with E-state index in [1.807, 2.05) is 6.07 Å². The van der Waals surface area contributed by atoms with Crippen molar-refractivity contribution in [2.24, 2.45) is 5.41 Å². The van der Waals surface area contributed by atoms with Crippen molar-refractivity contribution in [3.63, 3.8) is 0 Å². The standard InChI is InChI=1S/C15H23N3O3/c1-19-10-15-5-3-7-21-12(15)4-6-18(9-15)13-8-14(20-2)17-11-16-13/h8,11-12H,3-7,9-10H2,1-2H3/t12-,15-/m0/s1. The van der Waals surface area contributed by atoms with Crippen LogP contribution in [-0.2, 0) is 9.47 Å². The summed E-state index contributed by atoms with van der Waals surface area (Å²) < 4.78 is 16.7. The fraction of sp³-hybridized carbons (Fsp3) is 0.733. The first-order valence-electron chi connectivity index (χ1n) is 7.49. The number of hydrogen-bond donors (Lipinski definition) is 0. The zero-order valence-electron chi connectivity index (χ0n) is 12.7. The maximum atomic E-state index is 6.00. The third kappa shape index (κ3) is 2.82. The Morgan fingerprint density at radius 1 is 1.43 bits per heavy atom. The second-order valence-corrected chi connectivity index (χ2v) is 5.89. The number of rotatable bonds is 4. The normalized spacial score (nSPS) is 29.0. The summed E-state index contributed by atoms with van der Waals surface area (Å²) in [7, 11) is 3.40. The molecule has 1 aromatic rings. The van der Waals surface area contributed by atoms with Crippen molar-refractivity contribution >= 4 is 5.82 Å². The van der Waals surface area contributed by atoms with Crippen molar-refractivity contribution in [2.75, 3.05) is 45.4 Å². The van der Waals surface area contributed by atoms with Crippen LogP contribution in [0.4, 0.5) is 5.82 Å². The van der Waals surface area contributed by atoms with Crippen LogP contribution in [0, 0.1) is 5.41 Å². The van der Waals surface area contributed by atoms with Gasteiger partial charge in [-0.2, -0.15) is 0 Å². The Labute approximate surface area is 125 Å². The van der Waals surface area contributed by atoms with Crippen molar-refractivity contribution in [3.05, 3.63) is 12.4 Å². The molecular formula is C15H23N3O3. The average Bonchev–Trinajstić information content (AvgIpc) is 2.54. The molecule has 1 aromatic heterocycles. The minimum absolute atomic E-state index is 0.0729. The molecule has 0 amide bonds.